The zero-order valence-corrected chi connectivity index (χ0v) is 11.1. The lowest BCUT2D eigenvalue weighted by atomic mass is 10.3. The quantitative estimate of drug-likeness (QED) is 0.883. The first-order valence-corrected chi connectivity index (χ1v) is 6.80. The molecule has 0 fully saturated rings. The van der Waals surface area contributed by atoms with Crippen molar-refractivity contribution in [1.29, 1.82) is 0 Å². The molecule has 92 valence electrons. The maximum absolute atomic E-state index is 11.0. The Hall–Kier alpha value is -1.30. The fraction of sp³-hybridized carbons (Fsp3) is 0.500. The minimum absolute atomic E-state index is 0.265. The van der Waals surface area contributed by atoms with Crippen LogP contribution >= 0.6 is 0 Å². The predicted octanol–water partition coefficient (Wildman–Crippen LogP) is 1.80. The average Bonchev–Trinajstić information content (AvgIpc) is 2.19. The number of hydrogen-bond acceptors (Lipinski definition) is 4. The number of aryl methyl sites for hydroxylation is 1. The summed E-state index contributed by atoms with van der Waals surface area (Å²) >= 11 is 0. The zero-order valence-electron chi connectivity index (χ0n) is 10.2. The summed E-state index contributed by atoms with van der Waals surface area (Å²) in [6.07, 6.45) is 2.68. The zero-order chi connectivity index (χ0) is 12.8. The van der Waals surface area contributed by atoms with Crippen molar-refractivity contribution in [3.05, 3.63) is 17.8 Å². The highest BCUT2D eigenvalue weighted by molar-refractivity contribution is 7.92. The standard InChI is InChI=1S/C8H12N2O3S.C2H6/c1-6-4-7(10-14(3,11)12)8(13-2)9-5-6;1-2/h4-5,10H,1-3H3;1-2H3. The Bertz CT molecular complexity index is 430. The second-order valence-electron chi connectivity index (χ2n) is 2.94. The van der Waals surface area contributed by atoms with Gasteiger partial charge in [-0.05, 0) is 18.6 Å². The van der Waals surface area contributed by atoms with Gasteiger partial charge in [0.05, 0.1) is 13.4 Å². The lowest BCUT2D eigenvalue weighted by Crippen LogP contribution is -2.11. The SMILES string of the molecule is CC.COc1ncc(C)cc1NS(C)(=O)=O. The summed E-state index contributed by atoms with van der Waals surface area (Å²) < 4.78 is 29.2. The van der Waals surface area contributed by atoms with Crippen LogP contribution in [0.15, 0.2) is 12.3 Å². The predicted molar refractivity (Wildman–Crippen MR) is 65.3 cm³/mol. The van der Waals surface area contributed by atoms with Gasteiger partial charge in [0, 0.05) is 6.20 Å². The van der Waals surface area contributed by atoms with Crippen LogP contribution in [0.5, 0.6) is 5.88 Å². The van der Waals surface area contributed by atoms with Crippen LogP contribution in [0, 0.1) is 6.92 Å². The van der Waals surface area contributed by atoms with Crippen LogP contribution in [0.1, 0.15) is 19.4 Å². The monoisotopic (exact) mass is 246 g/mol. The van der Waals surface area contributed by atoms with Gasteiger partial charge in [0.2, 0.25) is 15.9 Å². The normalized spacial score (nSPS) is 10.1. The van der Waals surface area contributed by atoms with Gasteiger partial charge in [0.15, 0.2) is 0 Å². The fourth-order valence-corrected chi connectivity index (χ4v) is 1.54. The maximum atomic E-state index is 11.0. The first kappa shape index (κ1) is 14.7. The van der Waals surface area contributed by atoms with Gasteiger partial charge in [-0.2, -0.15) is 0 Å². The summed E-state index contributed by atoms with van der Waals surface area (Å²) in [6, 6.07) is 1.66. The summed E-state index contributed by atoms with van der Waals surface area (Å²) in [7, 11) is -1.86. The number of hydrogen-bond donors (Lipinski definition) is 1. The lowest BCUT2D eigenvalue weighted by Gasteiger charge is -2.08. The van der Waals surface area contributed by atoms with Crippen LogP contribution in [-0.4, -0.2) is 26.8 Å². The molecular formula is C10H18N2O3S. The molecule has 0 aliphatic heterocycles. The van der Waals surface area contributed by atoms with Gasteiger partial charge in [-0.1, -0.05) is 13.8 Å². The van der Waals surface area contributed by atoms with Crippen molar-refractivity contribution in [2.75, 3.05) is 18.1 Å². The van der Waals surface area contributed by atoms with E-state index in [2.05, 4.69) is 9.71 Å². The van der Waals surface area contributed by atoms with Gasteiger partial charge in [0.25, 0.3) is 0 Å². The highest BCUT2D eigenvalue weighted by atomic mass is 32.2. The van der Waals surface area contributed by atoms with E-state index in [1.807, 2.05) is 20.8 Å². The van der Waals surface area contributed by atoms with Gasteiger partial charge < -0.3 is 4.74 Å². The number of nitrogens with one attached hydrogen (secondary N) is 1. The molecular weight excluding hydrogens is 228 g/mol. The summed E-state index contributed by atoms with van der Waals surface area (Å²) in [5.74, 6) is 0.265. The number of aromatic nitrogens is 1. The molecule has 0 aromatic carbocycles. The van der Waals surface area contributed by atoms with E-state index in [1.165, 1.54) is 7.11 Å². The third-order valence-electron chi connectivity index (χ3n) is 1.48. The van der Waals surface area contributed by atoms with Crippen LogP contribution in [0.2, 0.25) is 0 Å². The van der Waals surface area contributed by atoms with Gasteiger partial charge in [0.1, 0.15) is 5.69 Å². The second-order valence-corrected chi connectivity index (χ2v) is 4.69. The average molecular weight is 246 g/mol. The molecule has 0 amide bonds. The Morgan fingerprint density at radius 2 is 1.94 bits per heavy atom. The van der Waals surface area contributed by atoms with E-state index in [9.17, 15) is 8.42 Å². The van der Waals surface area contributed by atoms with E-state index in [-0.39, 0.29) is 5.88 Å². The molecule has 0 unspecified atom stereocenters. The van der Waals surface area contributed by atoms with Crippen molar-refractivity contribution in [2.45, 2.75) is 20.8 Å². The van der Waals surface area contributed by atoms with Crippen molar-refractivity contribution in [3.63, 3.8) is 0 Å². The minimum atomic E-state index is -3.30. The van der Waals surface area contributed by atoms with Gasteiger partial charge in [-0.25, -0.2) is 13.4 Å². The number of rotatable bonds is 3. The van der Waals surface area contributed by atoms with Crippen LogP contribution in [0.3, 0.4) is 0 Å². The Balaban J connectivity index is 0.00000106. The van der Waals surface area contributed by atoms with Gasteiger partial charge in [-0.3, -0.25) is 4.72 Å². The largest absolute Gasteiger partial charge is 0.480 e. The second kappa shape index (κ2) is 6.32. The summed E-state index contributed by atoms with van der Waals surface area (Å²) in [5.41, 5.74) is 1.21. The molecule has 0 aliphatic carbocycles. The number of pyridine rings is 1. The smallest absolute Gasteiger partial charge is 0.238 e. The summed E-state index contributed by atoms with van der Waals surface area (Å²) in [6.45, 7) is 5.82. The molecule has 0 atom stereocenters. The molecule has 0 bridgehead atoms. The Labute approximate surface area is 96.9 Å². The van der Waals surface area contributed by atoms with Crippen LogP contribution in [-0.2, 0) is 10.0 Å². The van der Waals surface area contributed by atoms with Crippen molar-refractivity contribution in [3.8, 4) is 5.88 Å². The molecule has 0 saturated carbocycles. The molecule has 1 aromatic rings. The molecule has 1 N–H and O–H groups in total. The van der Waals surface area contributed by atoms with Crippen molar-refractivity contribution >= 4 is 15.7 Å². The maximum Gasteiger partial charge on any atom is 0.238 e. The third-order valence-corrected chi connectivity index (χ3v) is 2.07. The molecule has 0 saturated heterocycles. The molecule has 0 aliphatic rings. The molecule has 16 heavy (non-hydrogen) atoms. The Morgan fingerprint density at radius 1 is 1.38 bits per heavy atom. The molecule has 1 heterocycles. The minimum Gasteiger partial charge on any atom is -0.480 e. The third kappa shape index (κ3) is 4.97. The van der Waals surface area contributed by atoms with E-state index in [1.54, 1.807) is 12.3 Å². The molecule has 5 nitrogen and oxygen atoms in total. The number of sulfonamides is 1. The number of methoxy groups -OCH3 is 1. The van der Waals surface area contributed by atoms with Crippen LogP contribution in [0.4, 0.5) is 5.69 Å². The Kier molecular flexibility index (Phi) is 5.81. The van der Waals surface area contributed by atoms with E-state index in [0.29, 0.717) is 5.69 Å². The van der Waals surface area contributed by atoms with E-state index in [4.69, 9.17) is 4.74 Å². The van der Waals surface area contributed by atoms with Crippen molar-refractivity contribution in [2.24, 2.45) is 0 Å². The van der Waals surface area contributed by atoms with Crippen LogP contribution in [0.25, 0.3) is 0 Å². The number of ether oxygens (including phenoxy) is 1. The highest BCUT2D eigenvalue weighted by Gasteiger charge is 2.08. The van der Waals surface area contributed by atoms with E-state index in [0.717, 1.165) is 11.8 Å². The first-order valence-electron chi connectivity index (χ1n) is 4.91. The fourth-order valence-electron chi connectivity index (χ4n) is 0.992. The van der Waals surface area contributed by atoms with E-state index >= 15 is 0 Å². The van der Waals surface area contributed by atoms with Crippen molar-refractivity contribution < 1.29 is 13.2 Å². The molecule has 1 rings (SSSR count). The number of anilines is 1. The summed E-state index contributed by atoms with van der Waals surface area (Å²) in [4.78, 5) is 3.93. The molecule has 6 heteroatoms. The summed E-state index contributed by atoms with van der Waals surface area (Å²) in [5, 5.41) is 0. The van der Waals surface area contributed by atoms with Crippen LogP contribution < -0.4 is 9.46 Å². The molecule has 0 spiro atoms. The van der Waals surface area contributed by atoms with Crippen molar-refractivity contribution in [1.82, 2.24) is 4.98 Å². The van der Waals surface area contributed by atoms with Gasteiger partial charge in [-0.15, -0.1) is 0 Å². The Morgan fingerprint density at radius 3 is 2.38 bits per heavy atom. The first-order chi connectivity index (χ1) is 7.42. The lowest BCUT2D eigenvalue weighted by molar-refractivity contribution is 0.400. The molecule has 0 radical (unpaired) electrons. The molecule has 1 aromatic heterocycles. The topological polar surface area (TPSA) is 68.3 Å². The van der Waals surface area contributed by atoms with Gasteiger partial charge >= 0.3 is 0 Å². The number of nitrogens with zero attached hydrogens (tertiary/aromatic N) is 1. The highest BCUT2D eigenvalue weighted by Crippen LogP contribution is 2.22. The van der Waals surface area contributed by atoms with E-state index < -0.39 is 10.0 Å².